The monoisotopic (exact) mass is 245 g/mol. The van der Waals surface area contributed by atoms with Crippen LogP contribution in [-0.4, -0.2) is 4.98 Å². The molecule has 0 aliphatic heterocycles. The van der Waals surface area contributed by atoms with Gasteiger partial charge in [-0.05, 0) is 46.9 Å². The number of pyridine rings is 1. The summed E-state index contributed by atoms with van der Waals surface area (Å²) in [7, 11) is 0. The van der Waals surface area contributed by atoms with Gasteiger partial charge in [0.25, 0.3) is 0 Å². The van der Waals surface area contributed by atoms with E-state index in [1.807, 2.05) is 30.6 Å². The summed E-state index contributed by atoms with van der Waals surface area (Å²) in [4.78, 5) is 4.06. The maximum Gasteiger partial charge on any atom is 0.0273 e. The van der Waals surface area contributed by atoms with Gasteiger partial charge in [0, 0.05) is 12.4 Å². The lowest BCUT2D eigenvalue weighted by molar-refractivity contribution is 1.33. The van der Waals surface area contributed by atoms with Crippen molar-refractivity contribution < 1.29 is 0 Å². The molecular weight excluding hydrogens is 230 g/mol. The van der Waals surface area contributed by atoms with Crippen LogP contribution >= 0.6 is 0 Å². The summed E-state index contributed by atoms with van der Waals surface area (Å²) in [5.74, 6) is 0. The number of rotatable bonds is 2. The second-order valence-corrected chi connectivity index (χ2v) is 4.63. The summed E-state index contributed by atoms with van der Waals surface area (Å²) in [5, 5.41) is 0. The van der Waals surface area contributed by atoms with Gasteiger partial charge in [-0.3, -0.25) is 4.98 Å². The first kappa shape index (κ1) is 11.7. The number of nitrogens with zero attached hydrogens (tertiary/aromatic N) is 1. The summed E-state index contributed by atoms with van der Waals surface area (Å²) in [5.41, 5.74) is 6.29. The lowest BCUT2D eigenvalue weighted by Crippen LogP contribution is -1.85. The van der Waals surface area contributed by atoms with E-state index in [9.17, 15) is 0 Å². The van der Waals surface area contributed by atoms with Crippen molar-refractivity contribution in [2.45, 2.75) is 6.92 Å². The first-order chi connectivity index (χ1) is 9.34. The quantitative estimate of drug-likeness (QED) is 0.636. The van der Waals surface area contributed by atoms with Gasteiger partial charge in [-0.1, -0.05) is 48.5 Å². The summed E-state index contributed by atoms with van der Waals surface area (Å²) in [6, 6.07) is 21.2. The highest BCUT2D eigenvalue weighted by Gasteiger charge is 2.03. The van der Waals surface area contributed by atoms with E-state index in [0.717, 1.165) is 0 Å². The van der Waals surface area contributed by atoms with Gasteiger partial charge in [-0.2, -0.15) is 0 Å². The van der Waals surface area contributed by atoms with E-state index >= 15 is 0 Å². The largest absolute Gasteiger partial charge is 0.265 e. The fraction of sp³-hybridized carbons (Fsp3) is 0.0556. The Labute approximate surface area is 113 Å². The van der Waals surface area contributed by atoms with Crippen LogP contribution in [0.1, 0.15) is 5.56 Å². The Balaban J connectivity index is 2.04. The molecule has 0 atom stereocenters. The van der Waals surface area contributed by atoms with E-state index in [1.165, 1.54) is 27.8 Å². The van der Waals surface area contributed by atoms with Gasteiger partial charge in [0.2, 0.25) is 0 Å². The van der Waals surface area contributed by atoms with E-state index in [0.29, 0.717) is 0 Å². The van der Waals surface area contributed by atoms with E-state index in [-0.39, 0.29) is 0 Å². The van der Waals surface area contributed by atoms with Gasteiger partial charge < -0.3 is 0 Å². The minimum atomic E-state index is 1.21. The highest BCUT2D eigenvalue weighted by molar-refractivity contribution is 5.73. The van der Waals surface area contributed by atoms with E-state index in [2.05, 4.69) is 54.4 Å². The third-order valence-electron chi connectivity index (χ3n) is 3.32. The van der Waals surface area contributed by atoms with Crippen molar-refractivity contribution in [2.75, 3.05) is 0 Å². The van der Waals surface area contributed by atoms with E-state index in [1.54, 1.807) is 0 Å². The van der Waals surface area contributed by atoms with Gasteiger partial charge in [-0.15, -0.1) is 0 Å². The van der Waals surface area contributed by atoms with Gasteiger partial charge in [0.05, 0.1) is 0 Å². The molecule has 0 unspecified atom stereocenters. The molecule has 0 bridgehead atoms. The topological polar surface area (TPSA) is 12.9 Å². The predicted octanol–water partition coefficient (Wildman–Crippen LogP) is 4.72. The maximum absolute atomic E-state index is 4.06. The Bertz CT molecular complexity index is 673. The number of aryl methyl sites for hydroxylation is 1. The molecule has 2 aromatic carbocycles. The molecule has 0 aliphatic carbocycles. The third kappa shape index (κ3) is 2.41. The third-order valence-corrected chi connectivity index (χ3v) is 3.32. The van der Waals surface area contributed by atoms with Crippen LogP contribution in [0.4, 0.5) is 0 Å². The zero-order valence-electron chi connectivity index (χ0n) is 10.9. The molecule has 0 spiro atoms. The van der Waals surface area contributed by atoms with Crippen molar-refractivity contribution in [1.82, 2.24) is 4.98 Å². The highest BCUT2D eigenvalue weighted by Crippen LogP contribution is 2.27. The molecule has 0 fully saturated rings. The number of hydrogen-bond donors (Lipinski definition) is 0. The second-order valence-electron chi connectivity index (χ2n) is 4.63. The van der Waals surface area contributed by atoms with Crippen molar-refractivity contribution in [1.29, 1.82) is 0 Å². The second kappa shape index (κ2) is 5.07. The Kier molecular flexibility index (Phi) is 3.11. The highest BCUT2D eigenvalue weighted by atomic mass is 14.6. The molecule has 0 aliphatic rings. The number of aromatic nitrogens is 1. The minimum Gasteiger partial charge on any atom is -0.265 e. The van der Waals surface area contributed by atoms with Crippen LogP contribution in [0.15, 0.2) is 73.1 Å². The molecule has 0 N–H and O–H groups in total. The Hall–Kier alpha value is -2.41. The maximum atomic E-state index is 4.06. The fourth-order valence-electron chi connectivity index (χ4n) is 2.33. The first-order valence-electron chi connectivity index (χ1n) is 6.41. The molecule has 1 nitrogen and oxygen atoms in total. The zero-order valence-corrected chi connectivity index (χ0v) is 10.9. The lowest BCUT2D eigenvalue weighted by atomic mass is 9.96. The molecule has 0 amide bonds. The van der Waals surface area contributed by atoms with Gasteiger partial charge in [0.1, 0.15) is 0 Å². The normalized spacial score (nSPS) is 10.4. The minimum absolute atomic E-state index is 1.21. The van der Waals surface area contributed by atoms with Gasteiger partial charge in [-0.25, -0.2) is 0 Å². The van der Waals surface area contributed by atoms with Gasteiger partial charge in [0.15, 0.2) is 0 Å². The molecule has 1 heteroatoms. The van der Waals surface area contributed by atoms with Crippen LogP contribution in [0.25, 0.3) is 22.3 Å². The van der Waals surface area contributed by atoms with Crippen molar-refractivity contribution in [3.63, 3.8) is 0 Å². The van der Waals surface area contributed by atoms with Crippen molar-refractivity contribution in [3.05, 3.63) is 78.6 Å². The molecule has 3 rings (SSSR count). The smallest absolute Gasteiger partial charge is 0.0273 e. The first-order valence-corrected chi connectivity index (χ1v) is 6.41. The van der Waals surface area contributed by atoms with Crippen molar-refractivity contribution in [2.24, 2.45) is 0 Å². The summed E-state index contributed by atoms with van der Waals surface area (Å²) in [6.07, 6.45) is 3.66. The zero-order chi connectivity index (χ0) is 13.1. The molecule has 3 aromatic rings. The van der Waals surface area contributed by atoms with Crippen LogP contribution < -0.4 is 0 Å². The van der Waals surface area contributed by atoms with E-state index < -0.39 is 0 Å². The summed E-state index contributed by atoms with van der Waals surface area (Å²) < 4.78 is 0. The van der Waals surface area contributed by atoms with Crippen molar-refractivity contribution >= 4 is 0 Å². The SMILES string of the molecule is Cc1cc(-c2ccncc2)ccc1-c1ccccc1. The summed E-state index contributed by atoms with van der Waals surface area (Å²) >= 11 is 0. The Morgan fingerprint density at radius 3 is 2.11 bits per heavy atom. The molecule has 1 heterocycles. The van der Waals surface area contributed by atoms with Crippen LogP contribution in [0.3, 0.4) is 0 Å². The molecule has 92 valence electrons. The predicted molar refractivity (Wildman–Crippen MR) is 79.8 cm³/mol. The Morgan fingerprint density at radius 2 is 1.42 bits per heavy atom. The van der Waals surface area contributed by atoms with Crippen molar-refractivity contribution in [3.8, 4) is 22.3 Å². The molecule has 0 saturated carbocycles. The van der Waals surface area contributed by atoms with Crippen LogP contribution in [-0.2, 0) is 0 Å². The van der Waals surface area contributed by atoms with Crippen LogP contribution in [0.2, 0.25) is 0 Å². The number of benzene rings is 2. The number of hydrogen-bond acceptors (Lipinski definition) is 1. The molecule has 19 heavy (non-hydrogen) atoms. The van der Waals surface area contributed by atoms with Crippen LogP contribution in [0.5, 0.6) is 0 Å². The van der Waals surface area contributed by atoms with Crippen LogP contribution in [0, 0.1) is 6.92 Å². The fourth-order valence-corrected chi connectivity index (χ4v) is 2.33. The van der Waals surface area contributed by atoms with E-state index in [4.69, 9.17) is 0 Å². The molecule has 1 aromatic heterocycles. The Morgan fingerprint density at radius 1 is 0.684 bits per heavy atom. The molecule has 0 saturated heterocycles. The lowest BCUT2D eigenvalue weighted by Gasteiger charge is -2.09. The van der Waals surface area contributed by atoms with Gasteiger partial charge >= 0.3 is 0 Å². The standard InChI is InChI=1S/C18H15N/c1-14-13-17(15-9-11-19-12-10-15)7-8-18(14)16-5-3-2-4-6-16/h2-13H,1H3. The summed E-state index contributed by atoms with van der Waals surface area (Å²) in [6.45, 7) is 2.16. The molecule has 0 radical (unpaired) electrons. The molecular formula is C18H15N. The average Bonchev–Trinajstić information content (AvgIpc) is 2.49. The average molecular weight is 245 g/mol.